The predicted molar refractivity (Wildman–Crippen MR) is 345 cm³/mol. The van der Waals surface area contributed by atoms with E-state index in [2.05, 4.69) is 272 Å². The molecular weight excluding hydrogens is 1010 g/mol. The Morgan fingerprint density at radius 2 is 0.867 bits per heavy atom. The number of hydrogen-bond donors (Lipinski definition) is 0. The van der Waals surface area contributed by atoms with E-state index in [0.717, 1.165) is 99.8 Å². The number of furan rings is 1. The molecule has 10 aromatic carbocycles. The van der Waals surface area contributed by atoms with Crippen molar-refractivity contribution in [1.82, 2.24) is 24.1 Å². The molecule has 0 aliphatic carbocycles. The Kier molecular flexibility index (Phi) is 12.7. The van der Waals surface area contributed by atoms with Crippen molar-refractivity contribution in [2.24, 2.45) is 0 Å². The van der Waals surface area contributed by atoms with Crippen molar-refractivity contribution in [3.8, 4) is 67.9 Å². The molecule has 4 heterocycles. The molecule has 0 unspecified atom stereocenters. The van der Waals surface area contributed by atoms with E-state index < -0.39 is 0 Å². The minimum absolute atomic E-state index is 0.181. The van der Waals surface area contributed by atoms with Crippen LogP contribution >= 0.6 is 0 Å². The third-order valence-electron chi connectivity index (χ3n) is 16.7. The number of fused-ring (bicyclic) bond motifs is 9. The number of hydrogen-bond acceptors (Lipinski definition) is 5. The fourth-order valence-electron chi connectivity index (χ4n) is 12.8. The molecule has 406 valence electrons. The Morgan fingerprint density at radius 1 is 0.373 bits per heavy atom. The van der Waals surface area contributed by atoms with Crippen molar-refractivity contribution in [3.63, 3.8) is 0 Å². The van der Waals surface area contributed by atoms with Gasteiger partial charge in [0.25, 0.3) is 0 Å². The largest absolute Gasteiger partial charge is 0.457 e. The number of benzene rings is 10. The predicted octanol–water partition coefficient (Wildman–Crippen LogP) is 21.2. The van der Waals surface area contributed by atoms with Gasteiger partial charge < -0.3 is 9.15 Å². The molecule has 0 saturated carbocycles. The van der Waals surface area contributed by atoms with E-state index >= 15 is 0 Å². The van der Waals surface area contributed by atoms with Gasteiger partial charge in [-0.2, -0.15) is 0 Å². The minimum Gasteiger partial charge on any atom is -0.457 e. The fourth-order valence-corrected chi connectivity index (χ4v) is 12.8. The van der Waals surface area contributed by atoms with E-state index in [9.17, 15) is 0 Å². The van der Waals surface area contributed by atoms with Crippen LogP contribution in [-0.4, -0.2) is 24.1 Å². The molecule has 4 aromatic heterocycles. The number of para-hydroxylation sites is 5. The molecule has 0 amide bonds. The maximum absolute atomic E-state index is 7.33. The number of imidazole rings is 2. The lowest BCUT2D eigenvalue weighted by Crippen LogP contribution is -2.09. The summed E-state index contributed by atoms with van der Waals surface area (Å²) in [7, 11) is 0. The zero-order valence-electron chi connectivity index (χ0n) is 48.5. The molecule has 0 aliphatic rings. The van der Waals surface area contributed by atoms with Crippen LogP contribution in [0.2, 0.25) is 0 Å². The van der Waals surface area contributed by atoms with Crippen LogP contribution in [0.3, 0.4) is 0 Å². The molecule has 0 fully saturated rings. The average molecular weight is 1080 g/mol. The van der Waals surface area contributed by atoms with Crippen molar-refractivity contribution >= 4 is 65.7 Å². The zero-order valence-corrected chi connectivity index (χ0v) is 48.5. The number of nitrogens with zero attached hydrogens (tertiary/aromatic N) is 5. The first kappa shape index (κ1) is 51.5. The smallest absolute Gasteiger partial charge is 0.149 e. The molecular formula is C76H65N5O2. The van der Waals surface area contributed by atoms with Gasteiger partial charge in [-0.1, -0.05) is 171 Å². The summed E-state index contributed by atoms with van der Waals surface area (Å²) in [6.07, 6.45) is 0. The number of aromatic nitrogens is 5. The monoisotopic (exact) mass is 1080 g/mol. The highest BCUT2D eigenvalue weighted by atomic mass is 16.5. The first-order valence-corrected chi connectivity index (χ1v) is 29.3. The van der Waals surface area contributed by atoms with Gasteiger partial charge in [-0.15, -0.1) is 0 Å². The lowest BCUT2D eigenvalue weighted by atomic mass is 9.88. The first-order chi connectivity index (χ1) is 40.4. The first-order valence-electron chi connectivity index (χ1n) is 29.3. The van der Waals surface area contributed by atoms with Crippen LogP contribution in [0.25, 0.3) is 122 Å². The summed E-state index contributed by atoms with van der Waals surface area (Å²) in [5.74, 6) is 3.75. The Bertz CT molecular complexity index is 4790. The van der Waals surface area contributed by atoms with Crippen molar-refractivity contribution in [1.29, 1.82) is 0 Å². The maximum Gasteiger partial charge on any atom is 0.149 e. The summed E-state index contributed by atoms with van der Waals surface area (Å²) in [5, 5.41) is 5.18. The SMILES string of the molecule is Cc1nc2ccccc2c2ccc3oc4c(-c5nc6ccccc6n5-c5c(C(C)C)cc(-c6ccccc6)cc5C(C)C)cc(Oc5cccc(-c6nc7ccccc7n6-c6c(C(C)C)cc(-c7ccccc7)cc6C(C)C)c5)cc4c3c12. The van der Waals surface area contributed by atoms with Gasteiger partial charge in [0.1, 0.15) is 34.3 Å². The molecule has 7 nitrogen and oxygen atoms in total. The second-order valence-electron chi connectivity index (χ2n) is 23.5. The van der Waals surface area contributed by atoms with Crippen molar-refractivity contribution < 1.29 is 9.15 Å². The van der Waals surface area contributed by atoms with Gasteiger partial charge in [-0.3, -0.25) is 14.1 Å². The Morgan fingerprint density at radius 3 is 1.43 bits per heavy atom. The van der Waals surface area contributed by atoms with Gasteiger partial charge in [-0.25, -0.2) is 9.97 Å². The van der Waals surface area contributed by atoms with E-state index in [1.54, 1.807) is 0 Å². The van der Waals surface area contributed by atoms with Crippen LogP contribution in [0.5, 0.6) is 11.5 Å². The van der Waals surface area contributed by atoms with Gasteiger partial charge in [0.15, 0.2) is 0 Å². The minimum atomic E-state index is 0.181. The van der Waals surface area contributed by atoms with E-state index in [-0.39, 0.29) is 23.7 Å². The molecule has 14 aromatic rings. The van der Waals surface area contributed by atoms with Crippen LogP contribution in [0.15, 0.2) is 211 Å². The lowest BCUT2D eigenvalue weighted by Gasteiger charge is -2.24. The second kappa shape index (κ2) is 20.4. The van der Waals surface area contributed by atoms with Crippen LogP contribution in [0.4, 0.5) is 0 Å². The van der Waals surface area contributed by atoms with E-state index in [0.29, 0.717) is 11.5 Å². The zero-order chi connectivity index (χ0) is 56.8. The highest BCUT2D eigenvalue weighted by Crippen LogP contribution is 2.48. The quantitative estimate of drug-likeness (QED) is 0.114. The molecule has 7 heteroatoms. The summed E-state index contributed by atoms with van der Waals surface area (Å²) >= 11 is 0. The summed E-state index contributed by atoms with van der Waals surface area (Å²) in [6, 6.07) is 73.4. The molecule has 0 bridgehead atoms. The summed E-state index contributed by atoms with van der Waals surface area (Å²) < 4.78 is 19.4. The highest BCUT2D eigenvalue weighted by molar-refractivity contribution is 6.25. The molecule has 0 atom stereocenters. The maximum atomic E-state index is 7.33. The second-order valence-corrected chi connectivity index (χ2v) is 23.5. The number of pyridine rings is 1. The van der Waals surface area contributed by atoms with Gasteiger partial charge in [0, 0.05) is 32.8 Å². The normalized spacial score (nSPS) is 12.1. The Labute approximate surface area is 484 Å². The average Bonchev–Trinajstić information content (AvgIpc) is 2.46. The number of ether oxygens (including phenoxy) is 1. The van der Waals surface area contributed by atoms with E-state index in [4.69, 9.17) is 24.1 Å². The Balaban J connectivity index is 1.01. The summed E-state index contributed by atoms with van der Waals surface area (Å²) in [4.78, 5) is 16.3. The van der Waals surface area contributed by atoms with Gasteiger partial charge in [-0.05, 0) is 171 Å². The molecule has 0 radical (unpaired) electrons. The van der Waals surface area contributed by atoms with Gasteiger partial charge >= 0.3 is 0 Å². The van der Waals surface area contributed by atoms with Crippen LogP contribution < -0.4 is 4.74 Å². The summed E-state index contributed by atoms with van der Waals surface area (Å²) in [5.41, 5.74) is 21.2. The fraction of sp³-hybridized carbons (Fsp3) is 0.171. The van der Waals surface area contributed by atoms with Crippen molar-refractivity contribution in [2.75, 3.05) is 0 Å². The third-order valence-corrected chi connectivity index (χ3v) is 16.7. The van der Waals surface area contributed by atoms with Crippen LogP contribution in [0.1, 0.15) is 107 Å². The third kappa shape index (κ3) is 8.76. The van der Waals surface area contributed by atoms with Gasteiger partial charge in [0.2, 0.25) is 0 Å². The topological polar surface area (TPSA) is 70.9 Å². The summed E-state index contributed by atoms with van der Waals surface area (Å²) in [6.45, 7) is 20.5. The lowest BCUT2D eigenvalue weighted by molar-refractivity contribution is 0.483. The van der Waals surface area contributed by atoms with E-state index in [1.165, 1.54) is 50.2 Å². The standard InChI is InChI=1S/C76H65N5O2/c1-44(2)58-38-52(49-23-12-10-13-24-49)39-59(45(3)4)72(58)80-67-33-20-18-31-65(67)78-75(80)51-27-22-28-54(37-51)82-55-42-62-71-69(36-35-57-56-29-16-17-30-64(56)77-48(9)70(57)71)83-74(62)63(43-55)76-79-66-32-19-21-34-68(66)81(76)73-60(46(5)6)40-53(41-61(73)47(7)8)50-25-14-11-15-26-50/h10-47H,1-9H3. The highest BCUT2D eigenvalue weighted by Gasteiger charge is 2.29. The van der Waals surface area contributed by atoms with Gasteiger partial charge in [0.05, 0.1) is 44.5 Å². The molecule has 0 spiro atoms. The Hall–Kier alpha value is -9.59. The van der Waals surface area contributed by atoms with E-state index in [1.807, 2.05) is 6.07 Å². The molecule has 0 N–H and O–H groups in total. The van der Waals surface area contributed by atoms with Crippen molar-refractivity contribution in [2.45, 2.75) is 86.0 Å². The van der Waals surface area contributed by atoms with Crippen molar-refractivity contribution in [3.05, 3.63) is 234 Å². The molecule has 0 saturated heterocycles. The molecule has 14 rings (SSSR count). The van der Waals surface area contributed by atoms with Crippen LogP contribution in [-0.2, 0) is 0 Å². The van der Waals surface area contributed by atoms with Crippen LogP contribution in [0, 0.1) is 6.92 Å². The number of rotatable bonds is 12. The number of aryl methyl sites for hydroxylation is 1. The molecule has 83 heavy (non-hydrogen) atoms. The molecule has 0 aliphatic heterocycles.